The highest BCUT2D eigenvalue weighted by Crippen LogP contribution is 2.31. The lowest BCUT2D eigenvalue weighted by atomic mass is 10.1. The van der Waals surface area contributed by atoms with E-state index in [1.165, 1.54) is 7.11 Å². The summed E-state index contributed by atoms with van der Waals surface area (Å²) in [5.41, 5.74) is 3.17. The summed E-state index contributed by atoms with van der Waals surface area (Å²) in [6.45, 7) is 0. The molecule has 0 amide bonds. The second-order valence-electron chi connectivity index (χ2n) is 5.28. The Kier molecular flexibility index (Phi) is 3.60. The third kappa shape index (κ3) is 2.69. The number of ether oxygens (including phenoxy) is 1. The Balaban J connectivity index is 1.86. The number of rotatable bonds is 3. The summed E-state index contributed by atoms with van der Waals surface area (Å²) < 4.78 is 11.1. The normalized spacial score (nSPS) is 11.8. The van der Waals surface area contributed by atoms with Gasteiger partial charge in [0.05, 0.1) is 28.4 Å². The van der Waals surface area contributed by atoms with Crippen LogP contribution in [0.4, 0.5) is 0 Å². The van der Waals surface area contributed by atoms with Crippen molar-refractivity contribution in [2.24, 2.45) is 0 Å². The van der Waals surface area contributed by atoms with E-state index in [-0.39, 0.29) is 0 Å². The number of aromatic amines is 1. The van der Waals surface area contributed by atoms with Crippen molar-refractivity contribution in [2.75, 3.05) is 7.11 Å². The molecule has 0 saturated carbocycles. The van der Waals surface area contributed by atoms with E-state index in [0.29, 0.717) is 27.4 Å². The molecule has 0 saturated heterocycles. The molecule has 0 spiro atoms. The Morgan fingerprint density at radius 2 is 2.24 bits per heavy atom. The molecule has 0 atom stereocenters. The number of allylic oxidation sites excluding steroid dienone is 1. The van der Waals surface area contributed by atoms with Crippen LogP contribution in [-0.2, 0) is 0 Å². The lowest BCUT2D eigenvalue weighted by Crippen LogP contribution is -1.87. The molecule has 2 aromatic carbocycles. The Bertz CT molecular complexity index is 1190. The van der Waals surface area contributed by atoms with Gasteiger partial charge in [-0.3, -0.25) is 0 Å². The number of hydrogen-bond acceptors (Lipinski definition) is 6. The first-order valence-corrected chi connectivity index (χ1v) is 8.18. The van der Waals surface area contributed by atoms with Crippen LogP contribution in [0.25, 0.3) is 33.0 Å². The van der Waals surface area contributed by atoms with Crippen molar-refractivity contribution in [2.45, 2.75) is 0 Å². The number of nitriles is 1. The minimum Gasteiger partial charge on any atom is -0.493 e. The average Bonchev–Trinajstić information content (AvgIpc) is 3.21. The third-order valence-corrected chi connectivity index (χ3v) is 4.49. The van der Waals surface area contributed by atoms with Crippen LogP contribution in [0.5, 0.6) is 5.75 Å². The minimum atomic E-state index is -0.396. The average molecular weight is 349 g/mol. The van der Waals surface area contributed by atoms with Crippen LogP contribution in [-0.4, -0.2) is 17.1 Å². The van der Waals surface area contributed by atoms with Gasteiger partial charge in [0.15, 0.2) is 11.3 Å². The van der Waals surface area contributed by atoms with Crippen LogP contribution in [0.15, 0.2) is 45.6 Å². The summed E-state index contributed by atoms with van der Waals surface area (Å²) >= 11 is 0.992. The number of nitrogens with zero attached hydrogens (tertiary/aromatic N) is 2. The van der Waals surface area contributed by atoms with E-state index in [0.717, 1.165) is 27.9 Å². The SMILES string of the molecule is COc1cc(/C=C(\C#N)c2nc3ccccc3[nH]2)cc2sc(=O)oc12. The smallest absolute Gasteiger partial charge is 0.396 e. The number of imidazole rings is 1. The Morgan fingerprint density at radius 1 is 1.40 bits per heavy atom. The van der Waals surface area contributed by atoms with Gasteiger partial charge in [-0.1, -0.05) is 23.5 Å². The maximum absolute atomic E-state index is 11.5. The molecule has 0 aliphatic heterocycles. The molecule has 0 fully saturated rings. The minimum absolute atomic E-state index is 0.383. The van der Waals surface area contributed by atoms with Crippen LogP contribution >= 0.6 is 11.3 Å². The molecule has 0 aliphatic carbocycles. The van der Waals surface area contributed by atoms with Gasteiger partial charge in [0.2, 0.25) is 0 Å². The zero-order valence-electron chi connectivity index (χ0n) is 13.1. The first-order chi connectivity index (χ1) is 12.2. The highest BCUT2D eigenvalue weighted by atomic mass is 32.1. The second kappa shape index (κ2) is 5.92. The van der Waals surface area contributed by atoms with E-state index in [1.54, 1.807) is 18.2 Å². The Hall–Kier alpha value is -3.37. The van der Waals surface area contributed by atoms with Gasteiger partial charge in [-0.2, -0.15) is 5.26 Å². The van der Waals surface area contributed by atoms with E-state index in [9.17, 15) is 10.1 Å². The molecule has 25 heavy (non-hydrogen) atoms. The number of benzene rings is 2. The predicted molar refractivity (Wildman–Crippen MR) is 96.5 cm³/mol. The molecule has 2 aromatic heterocycles. The highest BCUT2D eigenvalue weighted by molar-refractivity contribution is 7.16. The molecule has 0 aliphatic rings. The largest absolute Gasteiger partial charge is 0.493 e. The fourth-order valence-corrected chi connectivity index (χ4v) is 3.34. The van der Waals surface area contributed by atoms with Crippen molar-refractivity contribution in [3.8, 4) is 11.8 Å². The molecule has 6 nitrogen and oxygen atoms in total. The quantitative estimate of drug-likeness (QED) is 0.568. The predicted octanol–water partition coefficient (Wildman–Crippen LogP) is 3.80. The fourth-order valence-electron chi connectivity index (χ4n) is 2.60. The molecule has 4 rings (SSSR count). The van der Waals surface area contributed by atoms with Crippen molar-refractivity contribution in [1.29, 1.82) is 5.26 Å². The number of aromatic nitrogens is 2. The maximum atomic E-state index is 11.5. The van der Waals surface area contributed by atoms with E-state index in [4.69, 9.17) is 9.15 Å². The van der Waals surface area contributed by atoms with E-state index >= 15 is 0 Å². The van der Waals surface area contributed by atoms with Gasteiger partial charge in [-0.15, -0.1) is 0 Å². The zero-order chi connectivity index (χ0) is 17.4. The molecule has 0 radical (unpaired) electrons. The summed E-state index contributed by atoms with van der Waals surface area (Å²) in [6.07, 6.45) is 1.70. The highest BCUT2D eigenvalue weighted by Gasteiger charge is 2.12. The second-order valence-corrected chi connectivity index (χ2v) is 6.25. The van der Waals surface area contributed by atoms with Crippen molar-refractivity contribution in [3.05, 3.63) is 57.5 Å². The molecule has 1 N–H and O–H groups in total. The van der Waals surface area contributed by atoms with Crippen LogP contribution in [0.3, 0.4) is 0 Å². The standard InChI is InChI=1S/C18H11N3O3S/c1-23-14-7-10(8-15-16(14)24-18(22)25-15)6-11(9-19)17-20-12-4-2-3-5-13(12)21-17/h2-8H,1H3,(H,20,21)/b11-6+. The number of nitrogens with one attached hydrogen (secondary N) is 1. The monoisotopic (exact) mass is 349 g/mol. The van der Waals surface area contributed by atoms with Gasteiger partial charge in [-0.25, -0.2) is 9.78 Å². The molecule has 0 bridgehead atoms. The third-order valence-electron chi connectivity index (χ3n) is 3.72. The van der Waals surface area contributed by atoms with Crippen LogP contribution in [0.1, 0.15) is 11.4 Å². The molecular formula is C18H11N3O3S. The first kappa shape index (κ1) is 15.2. The van der Waals surface area contributed by atoms with Gasteiger partial charge in [0.1, 0.15) is 11.9 Å². The van der Waals surface area contributed by atoms with E-state index < -0.39 is 4.94 Å². The van der Waals surface area contributed by atoms with Gasteiger partial charge in [-0.05, 0) is 35.9 Å². The van der Waals surface area contributed by atoms with Gasteiger partial charge in [0.25, 0.3) is 0 Å². The topological polar surface area (TPSA) is 91.9 Å². The van der Waals surface area contributed by atoms with E-state index in [2.05, 4.69) is 16.0 Å². The van der Waals surface area contributed by atoms with Crippen LogP contribution in [0.2, 0.25) is 0 Å². The number of H-pyrrole nitrogens is 1. The fraction of sp³-hybridized carbons (Fsp3) is 0.0556. The van der Waals surface area contributed by atoms with Crippen molar-refractivity contribution in [3.63, 3.8) is 0 Å². The molecule has 0 unspecified atom stereocenters. The van der Waals surface area contributed by atoms with Crippen molar-refractivity contribution < 1.29 is 9.15 Å². The summed E-state index contributed by atoms with van der Waals surface area (Å²) in [6, 6.07) is 13.2. The van der Waals surface area contributed by atoms with Gasteiger partial charge < -0.3 is 14.1 Å². The van der Waals surface area contributed by atoms with Crippen LogP contribution < -0.4 is 9.68 Å². The number of para-hydroxylation sites is 2. The van der Waals surface area contributed by atoms with Gasteiger partial charge in [0, 0.05) is 0 Å². The molecule has 4 aromatic rings. The Morgan fingerprint density at radius 3 is 3.00 bits per heavy atom. The number of methoxy groups -OCH3 is 1. The molecule has 7 heteroatoms. The summed E-state index contributed by atoms with van der Waals surface area (Å²) in [5.74, 6) is 0.937. The number of fused-ring (bicyclic) bond motifs is 2. The summed E-state index contributed by atoms with van der Waals surface area (Å²) in [5, 5.41) is 9.53. The molecule has 122 valence electrons. The lowest BCUT2D eigenvalue weighted by Gasteiger charge is -2.02. The number of hydrogen-bond donors (Lipinski definition) is 1. The summed E-state index contributed by atoms with van der Waals surface area (Å²) in [4.78, 5) is 18.7. The lowest BCUT2D eigenvalue weighted by molar-refractivity contribution is 0.408. The molecule has 2 heterocycles. The van der Waals surface area contributed by atoms with Crippen LogP contribution in [0, 0.1) is 11.3 Å². The zero-order valence-corrected chi connectivity index (χ0v) is 13.9. The maximum Gasteiger partial charge on any atom is 0.396 e. The molecular weight excluding hydrogens is 338 g/mol. The van der Waals surface area contributed by atoms with Gasteiger partial charge >= 0.3 is 4.94 Å². The van der Waals surface area contributed by atoms with Crippen molar-refractivity contribution in [1.82, 2.24) is 9.97 Å². The van der Waals surface area contributed by atoms with E-state index in [1.807, 2.05) is 24.3 Å². The Labute approximate surface area is 145 Å². The van der Waals surface area contributed by atoms with Crippen molar-refractivity contribution >= 4 is 44.3 Å². The first-order valence-electron chi connectivity index (χ1n) is 7.36. The summed E-state index contributed by atoms with van der Waals surface area (Å²) in [7, 11) is 1.50.